The lowest BCUT2D eigenvalue weighted by atomic mass is 9.79. The molecule has 1 N–H and O–H groups in total. The van der Waals surface area contributed by atoms with Crippen LogP contribution in [-0.2, 0) is 4.79 Å². The van der Waals surface area contributed by atoms with E-state index < -0.39 is 0 Å². The van der Waals surface area contributed by atoms with E-state index in [9.17, 15) is 4.79 Å². The summed E-state index contributed by atoms with van der Waals surface area (Å²) in [5.41, 5.74) is 0.627. The van der Waals surface area contributed by atoms with Gasteiger partial charge >= 0.3 is 0 Å². The molecular weight excluding hydrogens is 328 g/mol. The molecular formula is C21H32N2O3. The van der Waals surface area contributed by atoms with Gasteiger partial charge in [0.25, 0.3) is 0 Å². The van der Waals surface area contributed by atoms with E-state index in [4.69, 9.17) is 9.47 Å². The van der Waals surface area contributed by atoms with Crippen molar-refractivity contribution in [3.8, 4) is 11.5 Å². The fourth-order valence-corrected chi connectivity index (χ4v) is 4.56. The molecule has 1 aromatic rings. The number of nitrogens with zero attached hydrogens (tertiary/aromatic N) is 1. The van der Waals surface area contributed by atoms with E-state index in [1.807, 2.05) is 25.1 Å². The molecule has 1 aliphatic carbocycles. The molecule has 1 heterocycles. The predicted octanol–water partition coefficient (Wildman–Crippen LogP) is 3.68. The Hall–Kier alpha value is -1.75. The number of benzene rings is 1. The van der Waals surface area contributed by atoms with Crippen LogP contribution in [0, 0.1) is 0 Å². The van der Waals surface area contributed by atoms with Crippen molar-refractivity contribution in [2.24, 2.45) is 0 Å². The highest BCUT2D eigenvalue weighted by Crippen LogP contribution is 2.37. The summed E-state index contributed by atoms with van der Waals surface area (Å²) in [5.74, 6) is 1.72. The highest BCUT2D eigenvalue weighted by Gasteiger charge is 2.45. The van der Waals surface area contributed by atoms with Crippen LogP contribution in [0.5, 0.6) is 11.5 Å². The summed E-state index contributed by atoms with van der Waals surface area (Å²) >= 11 is 0. The first kappa shape index (κ1) is 19.0. The second-order valence-corrected chi connectivity index (χ2v) is 7.59. The standard InChI is InChI=1S/C21H32N2O3/c1-16(18-15-17(25-2)9-10-19(18)26-3)22-20(24)21(11-5-4-6-12-21)23-13-7-8-14-23/h9-10,15-16H,4-8,11-14H2,1-3H3,(H,22,24). The van der Waals surface area contributed by atoms with Crippen LogP contribution in [0.3, 0.4) is 0 Å². The van der Waals surface area contributed by atoms with Gasteiger partial charge in [0.05, 0.1) is 20.3 Å². The Balaban J connectivity index is 1.81. The summed E-state index contributed by atoms with van der Waals surface area (Å²) in [7, 11) is 3.31. The van der Waals surface area contributed by atoms with Crippen LogP contribution >= 0.6 is 0 Å². The molecule has 3 rings (SSSR count). The van der Waals surface area contributed by atoms with E-state index in [1.165, 1.54) is 19.3 Å². The minimum absolute atomic E-state index is 0.131. The molecule has 1 saturated heterocycles. The van der Waals surface area contributed by atoms with Crippen LogP contribution in [-0.4, -0.2) is 43.7 Å². The Bertz CT molecular complexity index is 620. The van der Waals surface area contributed by atoms with Crippen molar-refractivity contribution in [1.29, 1.82) is 0 Å². The smallest absolute Gasteiger partial charge is 0.241 e. The van der Waals surface area contributed by atoms with Crippen LogP contribution < -0.4 is 14.8 Å². The molecule has 0 bridgehead atoms. The second-order valence-electron chi connectivity index (χ2n) is 7.59. The van der Waals surface area contributed by atoms with Gasteiger partial charge in [-0.25, -0.2) is 0 Å². The van der Waals surface area contributed by atoms with Gasteiger partial charge in [-0.1, -0.05) is 19.3 Å². The topological polar surface area (TPSA) is 50.8 Å². The van der Waals surface area contributed by atoms with Crippen molar-refractivity contribution < 1.29 is 14.3 Å². The first-order valence-electron chi connectivity index (χ1n) is 9.88. The molecule has 0 radical (unpaired) electrons. The summed E-state index contributed by atoms with van der Waals surface area (Å²) in [5, 5.41) is 3.29. The van der Waals surface area contributed by atoms with Crippen LogP contribution in [0.25, 0.3) is 0 Å². The molecule has 1 aromatic carbocycles. The molecule has 144 valence electrons. The summed E-state index contributed by atoms with van der Waals surface area (Å²) in [6.07, 6.45) is 7.87. The number of likely N-dealkylation sites (tertiary alicyclic amines) is 1. The first-order chi connectivity index (χ1) is 12.6. The molecule has 0 aromatic heterocycles. The number of methoxy groups -OCH3 is 2. The average Bonchev–Trinajstić information content (AvgIpc) is 3.23. The number of carbonyl (C=O) groups excluding carboxylic acids is 1. The lowest BCUT2D eigenvalue weighted by molar-refractivity contribution is -0.136. The van der Waals surface area contributed by atoms with Crippen LogP contribution in [0.4, 0.5) is 0 Å². The summed E-state index contributed by atoms with van der Waals surface area (Å²) in [6.45, 7) is 4.12. The summed E-state index contributed by atoms with van der Waals surface area (Å²) in [4.78, 5) is 15.9. The van der Waals surface area contributed by atoms with Gasteiger partial charge in [0.15, 0.2) is 0 Å². The molecule has 1 amide bonds. The summed E-state index contributed by atoms with van der Waals surface area (Å²) < 4.78 is 10.9. The fourth-order valence-electron chi connectivity index (χ4n) is 4.56. The molecule has 1 unspecified atom stereocenters. The van der Waals surface area contributed by atoms with Crippen molar-refractivity contribution in [3.05, 3.63) is 23.8 Å². The largest absolute Gasteiger partial charge is 0.497 e. The number of amides is 1. The fraction of sp³-hybridized carbons (Fsp3) is 0.667. The zero-order chi connectivity index (χ0) is 18.6. The average molecular weight is 360 g/mol. The number of hydrogen-bond donors (Lipinski definition) is 1. The number of nitrogens with one attached hydrogen (secondary N) is 1. The van der Waals surface area contributed by atoms with Gasteiger partial charge in [-0.05, 0) is 63.9 Å². The zero-order valence-electron chi connectivity index (χ0n) is 16.3. The maximum Gasteiger partial charge on any atom is 0.241 e. The molecule has 5 nitrogen and oxygen atoms in total. The van der Waals surface area contributed by atoms with E-state index in [0.717, 1.165) is 55.8 Å². The van der Waals surface area contributed by atoms with Gasteiger partial charge in [0.1, 0.15) is 17.0 Å². The molecule has 2 aliphatic rings. The Morgan fingerprint density at radius 1 is 1.08 bits per heavy atom. The van der Waals surface area contributed by atoms with E-state index >= 15 is 0 Å². The number of hydrogen-bond acceptors (Lipinski definition) is 4. The van der Waals surface area contributed by atoms with Crippen molar-refractivity contribution in [1.82, 2.24) is 10.2 Å². The van der Waals surface area contributed by atoms with Crippen LogP contribution in [0.15, 0.2) is 18.2 Å². The molecule has 26 heavy (non-hydrogen) atoms. The molecule has 1 saturated carbocycles. The third kappa shape index (κ3) is 3.68. The molecule has 5 heteroatoms. The Morgan fingerprint density at radius 2 is 1.77 bits per heavy atom. The number of rotatable bonds is 6. The molecule has 1 atom stereocenters. The lowest BCUT2D eigenvalue weighted by Gasteiger charge is -2.43. The predicted molar refractivity (Wildman–Crippen MR) is 103 cm³/mol. The third-order valence-electron chi connectivity index (χ3n) is 6.07. The minimum atomic E-state index is -0.324. The van der Waals surface area contributed by atoms with Gasteiger partial charge in [-0.3, -0.25) is 9.69 Å². The normalized spacial score (nSPS) is 21.2. The maximum atomic E-state index is 13.4. The van der Waals surface area contributed by atoms with Gasteiger partial charge < -0.3 is 14.8 Å². The van der Waals surface area contributed by atoms with Crippen LogP contribution in [0.2, 0.25) is 0 Å². The lowest BCUT2D eigenvalue weighted by Crippen LogP contribution is -2.59. The quantitative estimate of drug-likeness (QED) is 0.841. The van der Waals surface area contributed by atoms with Crippen molar-refractivity contribution in [2.45, 2.75) is 63.5 Å². The highest BCUT2D eigenvalue weighted by molar-refractivity contribution is 5.87. The van der Waals surface area contributed by atoms with Gasteiger partial charge in [0.2, 0.25) is 5.91 Å². The Morgan fingerprint density at radius 3 is 2.38 bits per heavy atom. The van der Waals surface area contributed by atoms with E-state index in [2.05, 4.69) is 10.2 Å². The minimum Gasteiger partial charge on any atom is -0.497 e. The van der Waals surface area contributed by atoms with Gasteiger partial charge in [0, 0.05) is 5.56 Å². The van der Waals surface area contributed by atoms with E-state index in [-0.39, 0.29) is 17.5 Å². The van der Waals surface area contributed by atoms with Gasteiger partial charge in [-0.15, -0.1) is 0 Å². The third-order valence-corrected chi connectivity index (χ3v) is 6.07. The summed E-state index contributed by atoms with van der Waals surface area (Å²) in [6, 6.07) is 5.60. The van der Waals surface area contributed by atoms with E-state index in [1.54, 1.807) is 14.2 Å². The maximum absolute atomic E-state index is 13.4. The SMILES string of the molecule is COc1ccc(OC)c(C(C)NC(=O)C2(N3CCCC3)CCCCC2)c1. The van der Waals surface area contributed by atoms with E-state index in [0.29, 0.717) is 0 Å². The zero-order valence-corrected chi connectivity index (χ0v) is 16.3. The number of carbonyl (C=O) groups is 1. The monoisotopic (exact) mass is 360 g/mol. The Labute approximate surface area is 157 Å². The second kappa shape index (κ2) is 8.30. The Kier molecular flexibility index (Phi) is 6.07. The molecule has 0 spiro atoms. The highest BCUT2D eigenvalue weighted by atomic mass is 16.5. The van der Waals surface area contributed by atoms with Crippen LogP contribution in [0.1, 0.15) is 63.5 Å². The van der Waals surface area contributed by atoms with Crippen molar-refractivity contribution >= 4 is 5.91 Å². The van der Waals surface area contributed by atoms with Crippen molar-refractivity contribution in [3.63, 3.8) is 0 Å². The van der Waals surface area contributed by atoms with Gasteiger partial charge in [-0.2, -0.15) is 0 Å². The molecule has 1 aliphatic heterocycles. The van der Waals surface area contributed by atoms with Crippen molar-refractivity contribution in [2.75, 3.05) is 27.3 Å². The number of ether oxygens (including phenoxy) is 2. The molecule has 2 fully saturated rings. The first-order valence-corrected chi connectivity index (χ1v) is 9.88.